The van der Waals surface area contributed by atoms with Crippen LogP contribution in [0.3, 0.4) is 0 Å². The quantitative estimate of drug-likeness (QED) is 0.662. The lowest BCUT2D eigenvalue weighted by molar-refractivity contribution is 0.0772. The highest BCUT2D eigenvalue weighted by atomic mass is 79.9. The molecule has 0 N–H and O–H groups in total. The number of amides is 1. The Labute approximate surface area is 145 Å². The average molecular weight is 395 g/mol. The molecule has 0 saturated carbocycles. The average Bonchev–Trinajstić information content (AvgIpc) is 3.27. The summed E-state index contributed by atoms with van der Waals surface area (Å²) in [4.78, 5) is 15.0. The molecule has 0 spiro atoms. The van der Waals surface area contributed by atoms with E-state index in [0.29, 0.717) is 18.0 Å². The Kier molecular flexibility index (Phi) is 4.63. The minimum atomic E-state index is -0.200. The van der Waals surface area contributed by atoms with Crippen LogP contribution in [0.2, 0.25) is 0 Å². The van der Waals surface area contributed by atoms with Gasteiger partial charge in [-0.25, -0.2) is 0 Å². The third kappa shape index (κ3) is 3.37. The largest absolute Gasteiger partial charge is 0.355 e. The molecular formula is C15H15BrN4O2S. The highest BCUT2D eigenvalue weighted by Gasteiger charge is 2.20. The van der Waals surface area contributed by atoms with E-state index in [2.05, 4.69) is 26.2 Å². The summed E-state index contributed by atoms with van der Waals surface area (Å²) in [6.07, 6.45) is 1.90. The van der Waals surface area contributed by atoms with E-state index in [-0.39, 0.29) is 5.91 Å². The van der Waals surface area contributed by atoms with E-state index < -0.39 is 0 Å². The number of aryl methyl sites for hydroxylation is 1. The van der Waals surface area contributed by atoms with Gasteiger partial charge in [-0.3, -0.25) is 9.48 Å². The van der Waals surface area contributed by atoms with Gasteiger partial charge >= 0.3 is 0 Å². The summed E-state index contributed by atoms with van der Waals surface area (Å²) in [6, 6.07) is 5.53. The van der Waals surface area contributed by atoms with Gasteiger partial charge in [0.05, 0.1) is 21.6 Å². The number of halogens is 1. The molecule has 0 bridgehead atoms. The van der Waals surface area contributed by atoms with Crippen LogP contribution in [0, 0.1) is 0 Å². The van der Waals surface area contributed by atoms with E-state index in [9.17, 15) is 4.79 Å². The van der Waals surface area contributed by atoms with Crippen molar-refractivity contribution in [3.8, 4) is 10.6 Å². The van der Waals surface area contributed by atoms with Gasteiger partial charge in [0.1, 0.15) is 0 Å². The second-order valence-corrected chi connectivity index (χ2v) is 6.80. The van der Waals surface area contributed by atoms with E-state index in [1.807, 2.05) is 35.3 Å². The molecule has 0 aliphatic carbocycles. The summed E-state index contributed by atoms with van der Waals surface area (Å²) in [5.74, 6) is 0.405. The smallest absolute Gasteiger partial charge is 0.276 e. The van der Waals surface area contributed by atoms with Crippen LogP contribution in [0.4, 0.5) is 0 Å². The Morgan fingerprint density at radius 1 is 1.52 bits per heavy atom. The first kappa shape index (κ1) is 15.9. The first-order valence-corrected chi connectivity index (χ1v) is 8.73. The number of carbonyl (C=O) groups is 1. The molecule has 0 aliphatic heterocycles. The van der Waals surface area contributed by atoms with Crippen LogP contribution in [0.25, 0.3) is 10.6 Å². The first-order valence-electron chi connectivity index (χ1n) is 7.06. The number of rotatable bonds is 5. The SMILES string of the molecule is CCn1cc(Br)c(CN(C)C(=O)c2cc(-c3cccs3)on2)n1. The molecule has 0 atom stereocenters. The normalized spacial score (nSPS) is 10.9. The maximum atomic E-state index is 12.5. The van der Waals surface area contributed by atoms with Crippen LogP contribution >= 0.6 is 27.3 Å². The van der Waals surface area contributed by atoms with Crippen LogP contribution in [0.5, 0.6) is 0 Å². The molecule has 8 heteroatoms. The molecule has 3 aromatic heterocycles. The molecule has 6 nitrogen and oxygen atoms in total. The third-order valence-corrected chi connectivity index (χ3v) is 4.88. The maximum absolute atomic E-state index is 12.5. The Morgan fingerprint density at radius 3 is 3.00 bits per heavy atom. The van der Waals surface area contributed by atoms with Gasteiger partial charge in [-0.1, -0.05) is 11.2 Å². The molecule has 120 valence electrons. The summed E-state index contributed by atoms with van der Waals surface area (Å²) in [5, 5.41) is 10.3. The maximum Gasteiger partial charge on any atom is 0.276 e. The van der Waals surface area contributed by atoms with E-state index in [0.717, 1.165) is 21.6 Å². The molecule has 3 aromatic rings. The molecule has 3 rings (SSSR count). The van der Waals surface area contributed by atoms with Crippen molar-refractivity contribution in [3.05, 3.63) is 45.6 Å². The summed E-state index contributed by atoms with van der Waals surface area (Å²) in [7, 11) is 1.72. The fourth-order valence-corrected chi connectivity index (χ4v) is 3.22. The van der Waals surface area contributed by atoms with E-state index >= 15 is 0 Å². The standard InChI is InChI=1S/C15H15BrN4O2S/c1-3-20-8-10(16)12(17-20)9-19(2)15(21)11-7-13(22-18-11)14-5-4-6-23-14/h4-8H,3,9H2,1-2H3. The fraction of sp³-hybridized carbons (Fsp3) is 0.267. The van der Waals surface area contributed by atoms with Crippen LogP contribution in [-0.4, -0.2) is 32.8 Å². The zero-order valence-corrected chi connectivity index (χ0v) is 15.1. The lowest BCUT2D eigenvalue weighted by atomic mass is 10.3. The van der Waals surface area contributed by atoms with Crippen molar-refractivity contribution < 1.29 is 9.32 Å². The molecule has 0 aliphatic rings. The van der Waals surface area contributed by atoms with Crippen molar-refractivity contribution in [2.24, 2.45) is 0 Å². The number of aromatic nitrogens is 3. The van der Waals surface area contributed by atoms with Crippen molar-refractivity contribution in [3.63, 3.8) is 0 Å². The fourth-order valence-electron chi connectivity index (χ4n) is 2.11. The molecule has 0 aromatic carbocycles. The lowest BCUT2D eigenvalue weighted by Crippen LogP contribution is -2.26. The van der Waals surface area contributed by atoms with Crippen LogP contribution < -0.4 is 0 Å². The van der Waals surface area contributed by atoms with Gasteiger partial charge in [-0.05, 0) is 34.3 Å². The number of thiophene rings is 1. The van der Waals surface area contributed by atoms with Gasteiger partial charge in [0.15, 0.2) is 11.5 Å². The van der Waals surface area contributed by atoms with Crippen molar-refractivity contribution >= 4 is 33.2 Å². The Balaban J connectivity index is 1.73. The second kappa shape index (κ2) is 6.67. The number of carbonyl (C=O) groups excluding carboxylic acids is 1. The predicted molar refractivity (Wildman–Crippen MR) is 91.2 cm³/mol. The topological polar surface area (TPSA) is 64.2 Å². The van der Waals surface area contributed by atoms with E-state index in [1.54, 1.807) is 29.4 Å². The Bertz CT molecular complexity index is 809. The van der Waals surface area contributed by atoms with Crippen LogP contribution in [-0.2, 0) is 13.1 Å². The van der Waals surface area contributed by atoms with Crippen LogP contribution in [0.1, 0.15) is 23.1 Å². The first-order chi connectivity index (χ1) is 11.1. The molecule has 23 heavy (non-hydrogen) atoms. The molecule has 0 saturated heterocycles. The predicted octanol–water partition coefficient (Wildman–Crippen LogP) is 3.65. The summed E-state index contributed by atoms with van der Waals surface area (Å²) < 4.78 is 7.97. The van der Waals surface area contributed by atoms with Gasteiger partial charge in [0.25, 0.3) is 5.91 Å². The Hall–Kier alpha value is -1.93. The van der Waals surface area contributed by atoms with Crippen molar-refractivity contribution in [1.29, 1.82) is 0 Å². The van der Waals surface area contributed by atoms with Crippen molar-refractivity contribution in [1.82, 2.24) is 19.8 Å². The number of nitrogens with zero attached hydrogens (tertiary/aromatic N) is 4. The minimum absolute atomic E-state index is 0.200. The number of hydrogen-bond donors (Lipinski definition) is 0. The van der Waals surface area contributed by atoms with E-state index in [1.165, 1.54) is 0 Å². The van der Waals surface area contributed by atoms with E-state index in [4.69, 9.17) is 4.52 Å². The summed E-state index contributed by atoms with van der Waals surface area (Å²) >= 11 is 5.01. The molecular weight excluding hydrogens is 380 g/mol. The zero-order chi connectivity index (χ0) is 16.4. The highest BCUT2D eigenvalue weighted by molar-refractivity contribution is 9.10. The van der Waals surface area contributed by atoms with Crippen molar-refractivity contribution in [2.75, 3.05) is 7.05 Å². The zero-order valence-electron chi connectivity index (χ0n) is 12.7. The van der Waals surface area contributed by atoms with Gasteiger partial charge in [0.2, 0.25) is 0 Å². The minimum Gasteiger partial charge on any atom is -0.355 e. The van der Waals surface area contributed by atoms with Gasteiger partial charge < -0.3 is 9.42 Å². The third-order valence-electron chi connectivity index (χ3n) is 3.34. The molecule has 0 unspecified atom stereocenters. The molecule has 0 radical (unpaired) electrons. The van der Waals surface area contributed by atoms with Crippen molar-refractivity contribution in [2.45, 2.75) is 20.0 Å². The Morgan fingerprint density at radius 2 is 2.35 bits per heavy atom. The molecule has 0 fully saturated rings. The van der Waals surface area contributed by atoms with Gasteiger partial charge in [0, 0.05) is 25.9 Å². The van der Waals surface area contributed by atoms with Gasteiger partial charge in [-0.15, -0.1) is 11.3 Å². The summed E-state index contributed by atoms with van der Waals surface area (Å²) in [6.45, 7) is 3.19. The number of hydrogen-bond acceptors (Lipinski definition) is 5. The lowest BCUT2D eigenvalue weighted by Gasteiger charge is -2.14. The second-order valence-electron chi connectivity index (χ2n) is 4.99. The molecule has 3 heterocycles. The summed E-state index contributed by atoms with van der Waals surface area (Å²) in [5.41, 5.74) is 1.10. The van der Waals surface area contributed by atoms with Crippen LogP contribution in [0.15, 0.2) is 38.8 Å². The monoisotopic (exact) mass is 394 g/mol. The molecule has 1 amide bonds. The highest BCUT2D eigenvalue weighted by Crippen LogP contribution is 2.25. The van der Waals surface area contributed by atoms with Gasteiger partial charge in [-0.2, -0.15) is 5.10 Å².